The Morgan fingerprint density at radius 2 is 2.24 bits per heavy atom. The van der Waals surface area contributed by atoms with E-state index in [-0.39, 0.29) is 6.61 Å². The summed E-state index contributed by atoms with van der Waals surface area (Å²) < 4.78 is 1.03. The smallest absolute Gasteiger partial charge is 0.0702 e. The SMILES string of the molecule is CC1SCCN(c2ccc(Br)cc2CO)C1C. The predicted molar refractivity (Wildman–Crippen MR) is 78.8 cm³/mol. The summed E-state index contributed by atoms with van der Waals surface area (Å²) in [5.74, 6) is 1.16. The molecule has 1 heterocycles. The number of halogens is 1. The second kappa shape index (κ2) is 5.63. The van der Waals surface area contributed by atoms with E-state index in [0.717, 1.165) is 22.3 Å². The molecule has 17 heavy (non-hydrogen) atoms. The summed E-state index contributed by atoms with van der Waals surface area (Å²) in [7, 11) is 0. The monoisotopic (exact) mass is 315 g/mol. The number of benzene rings is 1. The van der Waals surface area contributed by atoms with Crippen LogP contribution in [0.1, 0.15) is 19.4 Å². The number of aliphatic hydroxyl groups excluding tert-OH is 1. The first kappa shape index (κ1) is 13.2. The maximum absolute atomic E-state index is 9.47. The Kier molecular flexibility index (Phi) is 4.39. The van der Waals surface area contributed by atoms with Gasteiger partial charge in [-0.3, -0.25) is 0 Å². The van der Waals surface area contributed by atoms with Crippen molar-refractivity contribution in [1.82, 2.24) is 0 Å². The molecule has 2 unspecified atom stereocenters. The van der Waals surface area contributed by atoms with Gasteiger partial charge in [0.15, 0.2) is 0 Å². The molecule has 2 nitrogen and oxygen atoms in total. The van der Waals surface area contributed by atoms with Crippen LogP contribution in [0.25, 0.3) is 0 Å². The van der Waals surface area contributed by atoms with Crippen molar-refractivity contribution in [2.24, 2.45) is 0 Å². The largest absolute Gasteiger partial charge is 0.392 e. The Labute approximate surface area is 116 Å². The Hall–Kier alpha value is -0.190. The van der Waals surface area contributed by atoms with Crippen LogP contribution in [0.15, 0.2) is 22.7 Å². The number of aliphatic hydroxyl groups is 1. The van der Waals surface area contributed by atoms with E-state index in [0.29, 0.717) is 11.3 Å². The molecule has 0 aliphatic carbocycles. The molecule has 0 aromatic heterocycles. The van der Waals surface area contributed by atoms with Crippen molar-refractivity contribution in [2.45, 2.75) is 31.7 Å². The number of hydrogen-bond acceptors (Lipinski definition) is 3. The summed E-state index contributed by atoms with van der Waals surface area (Å²) in [5, 5.41) is 10.1. The molecule has 2 atom stereocenters. The summed E-state index contributed by atoms with van der Waals surface area (Å²) in [6, 6.07) is 6.68. The summed E-state index contributed by atoms with van der Waals surface area (Å²) in [6.07, 6.45) is 0. The van der Waals surface area contributed by atoms with Crippen LogP contribution in [0.4, 0.5) is 5.69 Å². The lowest BCUT2D eigenvalue weighted by Crippen LogP contribution is -2.45. The van der Waals surface area contributed by atoms with Crippen LogP contribution < -0.4 is 4.90 Å². The van der Waals surface area contributed by atoms with Crippen LogP contribution in [-0.2, 0) is 6.61 Å². The van der Waals surface area contributed by atoms with Crippen molar-refractivity contribution < 1.29 is 5.11 Å². The lowest BCUT2D eigenvalue weighted by molar-refractivity contribution is 0.281. The topological polar surface area (TPSA) is 23.5 Å². The van der Waals surface area contributed by atoms with Crippen molar-refractivity contribution in [3.63, 3.8) is 0 Å². The van der Waals surface area contributed by atoms with E-state index >= 15 is 0 Å². The van der Waals surface area contributed by atoms with Crippen LogP contribution in [0.5, 0.6) is 0 Å². The normalized spacial score (nSPS) is 25.1. The van der Waals surface area contributed by atoms with Gasteiger partial charge in [0.05, 0.1) is 6.61 Å². The van der Waals surface area contributed by atoms with Gasteiger partial charge >= 0.3 is 0 Å². The average Bonchev–Trinajstić information content (AvgIpc) is 2.33. The lowest BCUT2D eigenvalue weighted by Gasteiger charge is -2.40. The highest BCUT2D eigenvalue weighted by molar-refractivity contribution is 9.10. The molecule has 1 aliphatic heterocycles. The molecule has 1 aromatic rings. The highest BCUT2D eigenvalue weighted by atomic mass is 79.9. The summed E-state index contributed by atoms with van der Waals surface area (Å²) in [6.45, 7) is 5.70. The van der Waals surface area contributed by atoms with Crippen LogP contribution in [0.3, 0.4) is 0 Å². The molecule has 1 fully saturated rings. The van der Waals surface area contributed by atoms with Gasteiger partial charge in [0, 0.05) is 39.3 Å². The number of anilines is 1. The molecule has 1 saturated heterocycles. The molecule has 1 N–H and O–H groups in total. The highest BCUT2D eigenvalue weighted by Gasteiger charge is 2.26. The first-order chi connectivity index (χ1) is 8.13. The molecular formula is C13H18BrNOS. The van der Waals surface area contributed by atoms with Gasteiger partial charge < -0.3 is 10.0 Å². The molecule has 0 bridgehead atoms. The molecule has 4 heteroatoms. The third kappa shape index (κ3) is 2.80. The molecule has 0 spiro atoms. The Morgan fingerprint density at radius 1 is 1.47 bits per heavy atom. The van der Waals surface area contributed by atoms with E-state index in [2.05, 4.69) is 40.7 Å². The van der Waals surface area contributed by atoms with Crippen molar-refractivity contribution in [3.8, 4) is 0 Å². The van der Waals surface area contributed by atoms with Gasteiger partial charge in [0.25, 0.3) is 0 Å². The number of rotatable bonds is 2. The van der Waals surface area contributed by atoms with Crippen molar-refractivity contribution >= 4 is 33.4 Å². The van der Waals surface area contributed by atoms with Crippen LogP contribution in [-0.4, -0.2) is 28.7 Å². The molecule has 1 aromatic carbocycles. The maximum Gasteiger partial charge on any atom is 0.0702 e. The van der Waals surface area contributed by atoms with Crippen LogP contribution in [0.2, 0.25) is 0 Å². The fourth-order valence-electron chi connectivity index (χ4n) is 2.23. The Bertz CT molecular complexity index is 399. The Balaban J connectivity index is 2.32. The van der Waals surface area contributed by atoms with Gasteiger partial charge in [-0.25, -0.2) is 0 Å². The molecule has 2 rings (SSSR count). The minimum atomic E-state index is 0.0967. The van der Waals surface area contributed by atoms with E-state index < -0.39 is 0 Å². The number of thioether (sulfide) groups is 1. The minimum absolute atomic E-state index is 0.0967. The van der Waals surface area contributed by atoms with Crippen molar-refractivity contribution in [2.75, 3.05) is 17.2 Å². The lowest BCUT2D eigenvalue weighted by atomic mass is 10.1. The minimum Gasteiger partial charge on any atom is -0.392 e. The van der Waals surface area contributed by atoms with Gasteiger partial charge in [-0.05, 0) is 25.1 Å². The summed E-state index contributed by atoms with van der Waals surface area (Å²) in [4.78, 5) is 2.42. The van der Waals surface area contributed by atoms with Crippen LogP contribution >= 0.6 is 27.7 Å². The maximum atomic E-state index is 9.47. The molecule has 0 amide bonds. The first-order valence-corrected chi connectivity index (χ1v) is 7.75. The van der Waals surface area contributed by atoms with Crippen molar-refractivity contribution in [3.05, 3.63) is 28.2 Å². The van der Waals surface area contributed by atoms with E-state index in [4.69, 9.17) is 0 Å². The fraction of sp³-hybridized carbons (Fsp3) is 0.538. The Morgan fingerprint density at radius 3 is 2.94 bits per heavy atom. The zero-order valence-electron chi connectivity index (χ0n) is 10.2. The van der Waals surface area contributed by atoms with Gasteiger partial charge in [-0.1, -0.05) is 22.9 Å². The fourth-order valence-corrected chi connectivity index (χ4v) is 3.74. The van der Waals surface area contributed by atoms with Gasteiger partial charge in [0.2, 0.25) is 0 Å². The van der Waals surface area contributed by atoms with Crippen LogP contribution in [0, 0.1) is 0 Å². The van der Waals surface area contributed by atoms with E-state index in [9.17, 15) is 5.11 Å². The van der Waals surface area contributed by atoms with Crippen molar-refractivity contribution in [1.29, 1.82) is 0 Å². The number of nitrogens with zero attached hydrogens (tertiary/aromatic N) is 1. The molecule has 0 radical (unpaired) electrons. The molecule has 0 saturated carbocycles. The third-order valence-corrected chi connectivity index (χ3v) is 5.24. The van der Waals surface area contributed by atoms with E-state index in [1.54, 1.807) is 0 Å². The number of hydrogen-bond donors (Lipinski definition) is 1. The zero-order chi connectivity index (χ0) is 12.4. The average molecular weight is 316 g/mol. The van der Waals surface area contributed by atoms with Gasteiger partial charge in [-0.2, -0.15) is 11.8 Å². The highest BCUT2D eigenvalue weighted by Crippen LogP contribution is 2.32. The third-order valence-electron chi connectivity index (χ3n) is 3.41. The first-order valence-electron chi connectivity index (χ1n) is 5.91. The standard InChI is InChI=1S/C13H18BrNOS/c1-9-10(2)17-6-5-15(9)13-4-3-12(14)7-11(13)8-16/h3-4,7,9-10,16H,5-6,8H2,1-2H3. The molecule has 94 valence electrons. The molecule has 1 aliphatic rings. The summed E-state index contributed by atoms with van der Waals surface area (Å²) in [5.41, 5.74) is 2.18. The van der Waals surface area contributed by atoms with E-state index in [1.807, 2.05) is 23.9 Å². The van der Waals surface area contributed by atoms with Gasteiger partial charge in [-0.15, -0.1) is 0 Å². The van der Waals surface area contributed by atoms with E-state index in [1.165, 1.54) is 5.69 Å². The zero-order valence-corrected chi connectivity index (χ0v) is 12.6. The predicted octanol–water partition coefficient (Wildman–Crippen LogP) is 3.27. The summed E-state index contributed by atoms with van der Waals surface area (Å²) >= 11 is 5.48. The van der Waals surface area contributed by atoms with Gasteiger partial charge in [0.1, 0.15) is 0 Å². The second-order valence-corrected chi connectivity index (χ2v) is 6.84. The quantitative estimate of drug-likeness (QED) is 0.906. The second-order valence-electron chi connectivity index (χ2n) is 4.44. The molecular weight excluding hydrogens is 298 g/mol.